The van der Waals surface area contributed by atoms with Crippen LogP contribution in [0.4, 0.5) is 0 Å². The second-order valence-electron chi connectivity index (χ2n) is 3.19. The number of benzene rings is 1. The van der Waals surface area contributed by atoms with Crippen LogP contribution in [0.1, 0.15) is 17.0 Å². The number of aromatic nitrogens is 3. The van der Waals surface area contributed by atoms with Crippen LogP contribution in [0.25, 0.3) is 0 Å². The number of aliphatic hydroxyl groups is 1. The maximum atomic E-state index is 9.06. The van der Waals surface area contributed by atoms with Crippen molar-refractivity contribution in [3.8, 4) is 0 Å². The van der Waals surface area contributed by atoms with Gasteiger partial charge in [-0.3, -0.25) is 0 Å². The molecule has 2 rings (SSSR count). The van der Waals surface area contributed by atoms with Gasteiger partial charge in [-0.05, 0) is 18.4 Å². The maximum Gasteiger partial charge on any atom is 0.113 e. The van der Waals surface area contributed by atoms with E-state index in [0.717, 1.165) is 11.3 Å². The van der Waals surface area contributed by atoms with E-state index in [4.69, 9.17) is 5.11 Å². The molecule has 0 bridgehead atoms. The van der Waals surface area contributed by atoms with Crippen molar-refractivity contribution < 1.29 is 5.11 Å². The number of rotatable bonds is 3. The predicted octanol–water partition coefficient (Wildman–Crippen LogP) is 1.05. The smallest absolute Gasteiger partial charge is 0.113 e. The number of hydrogen-bond acceptors (Lipinski definition) is 4. The Bertz CT molecular complexity index is 441. The topological polar surface area (TPSA) is 50.9 Å². The van der Waals surface area contributed by atoms with E-state index in [9.17, 15) is 0 Å². The molecule has 0 spiro atoms. The van der Waals surface area contributed by atoms with E-state index in [1.165, 1.54) is 4.09 Å². The Hall–Kier alpha value is -1.33. The molecule has 1 heterocycles. The van der Waals surface area contributed by atoms with E-state index in [-0.39, 0.29) is 6.61 Å². The molecule has 0 aliphatic carbocycles. The fourth-order valence-corrected chi connectivity index (χ4v) is 1.63. The Balaban J connectivity index is 2.27. The largest absolute Gasteiger partial charge is 0.390 e. The summed E-state index contributed by atoms with van der Waals surface area (Å²) in [5.41, 5.74) is 2.55. The molecule has 4 nitrogen and oxygen atoms in total. The normalized spacial score (nSPS) is 10.5. The molecule has 0 amide bonds. The van der Waals surface area contributed by atoms with Gasteiger partial charge in [-0.2, -0.15) is 4.09 Å². The van der Waals surface area contributed by atoms with Crippen LogP contribution in [0.5, 0.6) is 0 Å². The Morgan fingerprint density at radius 3 is 2.67 bits per heavy atom. The molecule has 5 heteroatoms. The third-order valence-corrected chi connectivity index (χ3v) is 2.51. The summed E-state index contributed by atoms with van der Waals surface area (Å²) in [6.07, 6.45) is 0.674. The maximum absolute atomic E-state index is 9.06. The first kappa shape index (κ1) is 10.2. The summed E-state index contributed by atoms with van der Waals surface area (Å²) in [5, 5.41) is 16.6. The highest BCUT2D eigenvalue weighted by molar-refractivity contribution is 7.78. The average Bonchev–Trinajstić information content (AvgIpc) is 2.62. The summed E-state index contributed by atoms with van der Waals surface area (Å²) >= 11 is 4.13. The van der Waals surface area contributed by atoms with Crippen LogP contribution < -0.4 is 0 Å². The molecule has 0 aliphatic rings. The van der Waals surface area contributed by atoms with E-state index in [1.807, 2.05) is 30.3 Å². The molecule has 0 atom stereocenters. The van der Waals surface area contributed by atoms with Gasteiger partial charge in [0.05, 0.1) is 12.3 Å². The molecule has 1 aromatic heterocycles. The van der Waals surface area contributed by atoms with Gasteiger partial charge in [0.1, 0.15) is 5.69 Å². The molecular weight excluding hydrogens is 210 g/mol. The van der Waals surface area contributed by atoms with Crippen molar-refractivity contribution in [1.82, 2.24) is 14.4 Å². The molecule has 1 N–H and O–H groups in total. The van der Waals surface area contributed by atoms with Crippen molar-refractivity contribution >= 4 is 12.8 Å². The summed E-state index contributed by atoms with van der Waals surface area (Å²) in [6.45, 7) is -0.108. The summed E-state index contributed by atoms with van der Waals surface area (Å²) < 4.78 is 1.40. The monoisotopic (exact) mass is 221 g/mol. The highest BCUT2D eigenvalue weighted by Gasteiger charge is 2.10. The highest BCUT2D eigenvalue weighted by atomic mass is 32.1. The van der Waals surface area contributed by atoms with Crippen LogP contribution in [0.15, 0.2) is 30.3 Å². The molecule has 2 aromatic rings. The van der Waals surface area contributed by atoms with E-state index in [0.29, 0.717) is 12.1 Å². The second-order valence-corrected chi connectivity index (χ2v) is 3.57. The first-order chi connectivity index (χ1) is 7.31. The van der Waals surface area contributed by atoms with Gasteiger partial charge in [-0.1, -0.05) is 35.5 Å². The minimum Gasteiger partial charge on any atom is -0.390 e. The third-order valence-electron chi connectivity index (χ3n) is 2.19. The van der Waals surface area contributed by atoms with Crippen molar-refractivity contribution in [2.24, 2.45) is 0 Å². The summed E-state index contributed by atoms with van der Waals surface area (Å²) in [6, 6.07) is 9.94. The standard InChI is InChI=1S/C10H11N3OS/c14-7-9-10(13(15)12-11-9)6-8-4-2-1-3-5-8/h1-5,14-15H,6-7H2. The van der Waals surface area contributed by atoms with Crippen LogP contribution in [0, 0.1) is 0 Å². The number of thiol groups is 1. The number of nitrogens with zero attached hydrogens (tertiary/aromatic N) is 3. The van der Waals surface area contributed by atoms with Gasteiger partial charge >= 0.3 is 0 Å². The van der Waals surface area contributed by atoms with Gasteiger partial charge in [0.2, 0.25) is 0 Å². The molecule has 1 aromatic carbocycles. The molecule has 0 saturated carbocycles. The zero-order chi connectivity index (χ0) is 10.7. The van der Waals surface area contributed by atoms with Crippen molar-refractivity contribution in [3.05, 3.63) is 47.3 Å². The van der Waals surface area contributed by atoms with Gasteiger partial charge < -0.3 is 5.11 Å². The first-order valence-corrected chi connectivity index (χ1v) is 4.98. The predicted molar refractivity (Wildman–Crippen MR) is 59.6 cm³/mol. The molecule has 0 aliphatic heterocycles. The molecule has 0 fully saturated rings. The van der Waals surface area contributed by atoms with E-state index in [1.54, 1.807) is 0 Å². The van der Waals surface area contributed by atoms with E-state index in [2.05, 4.69) is 23.1 Å². The second kappa shape index (κ2) is 4.46. The van der Waals surface area contributed by atoms with E-state index < -0.39 is 0 Å². The zero-order valence-electron chi connectivity index (χ0n) is 8.04. The summed E-state index contributed by atoms with van der Waals surface area (Å²) in [7, 11) is 0. The minimum absolute atomic E-state index is 0.108. The number of aliphatic hydroxyl groups excluding tert-OH is 1. The lowest BCUT2D eigenvalue weighted by Gasteiger charge is -2.02. The fourth-order valence-electron chi connectivity index (χ4n) is 1.41. The Labute approximate surface area is 93.1 Å². The lowest BCUT2D eigenvalue weighted by molar-refractivity contribution is 0.275. The summed E-state index contributed by atoms with van der Waals surface area (Å²) in [4.78, 5) is 0. The Kier molecular flexibility index (Phi) is 3.03. The van der Waals surface area contributed by atoms with Crippen LogP contribution in [0.3, 0.4) is 0 Å². The van der Waals surface area contributed by atoms with Gasteiger partial charge in [-0.25, -0.2) is 0 Å². The van der Waals surface area contributed by atoms with Gasteiger partial charge in [0, 0.05) is 6.42 Å². The molecule has 78 valence electrons. The molecular formula is C10H11N3OS. The first-order valence-electron chi connectivity index (χ1n) is 4.58. The van der Waals surface area contributed by atoms with Crippen LogP contribution in [0.2, 0.25) is 0 Å². The van der Waals surface area contributed by atoms with Crippen molar-refractivity contribution in [2.45, 2.75) is 13.0 Å². The van der Waals surface area contributed by atoms with Gasteiger partial charge in [-0.15, -0.1) is 5.10 Å². The average molecular weight is 221 g/mol. The molecule has 0 unspecified atom stereocenters. The van der Waals surface area contributed by atoms with Crippen molar-refractivity contribution in [3.63, 3.8) is 0 Å². The quantitative estimate of drug-likeness (QED) is 0.762. The van der Waals surface area contributed by atoms with E-state index >= 15 is 0 Å². The zero-order valence-corrected chi connectivity index (χ0v) is 8.93. The lowest BCUT2D eigenvalue weighted by Crippen LogP contribution is -1.98. The van der Waals surface area contributed by atoms with Crippen molar-refractivity contribution in [2.75, 3.05) is 0 Å². The molecule has 0 saturated heterocycles. The number of hydrogen-bond donors (Lipinski definition) is 2. The summed E-state index contributed by atoms with van der Waals surface area (Å²) in [5.74, 6) is 0. The highest BCUT2D eigenvalue weighted by Crippen LogP contribution is 2.13. The lowest BCUT2D eigenvalue weighted by atomic mass is 10.1. The van der Waals surface area contributed by atoms with Crippen LogP contribution in [-0.4, -0.2) is 19.5 Å². The van der Waals surface area contributed by atoms with Gasteiger partial charge in [0.25, 0.3) is 0 Å². The third kappa shape index (κ3) is 2.19. The Morgan fingerprint density at radius 2 is 2.00 bits per heavy atom. The minimum atomic E-state index is -0.108. The SMILES string of the molecule is OCc1nnn(S)c1Cc1ccccc1. The van der Waals surface area contributed by atoms with Crippen LogP contribution >= 0.6 is 12.8 Å². The fraction of sp³-hybridized carbons (Fsp3) is 0.200. The van der Waals surface area contributed by atoms with Gasteiger partial charge in [0.15, 0.2) is 0 Å². The molecule has 0 radical (unpaired) electrons. The Morgan fingerprint density at radius 1 is 1.27 bits per heavy atom. The molecule has 15 heavy (non-hydrogen) atoms. The van der Waals surface area contributed by atoms with Crippen molar-refractivity contribution in [1.29, 1.82) is 0 Å². The van der Waals surface area contributed by atoms with Crippen LogP contribution in [-0.2, 0) is 13.0 Å².